The van der Waals surface area contributed by atoms with Crippen LogP contribution < -0.4 is 20.5 Å². The van der Waals surface area contributed by atoms with E-state index in [1.54, 1.807) is 0 Å². The van der Waals surface area contributed by atoms with Crippen molar-refractivity contribution in [2.45, 2.75) is 25.8 Å². The zero-order valence-electron chi connectivity index (χ0n) is 10.6. The molecule has 0 aliphatic heterocycles. The Kier molecular flexibility index (Phi) is 4.45. The van der Waals surface area contributed by atoms with Gasteiger partial charge in [-0.05, 0) is 13.3 Å². The monoisotopic (exact) mass is 241 g/mol. The molecule has 1 rings (SSSR count). The standard InChI is InChI=1S/C10H19N5O2/c1-5-10(2,6-11)15-7-12-8(16-3)14-9(13-7)17-4/h5-6,11H2,1-4H3,(H,12,13,14,15). The third kappa shape index (κ3) is 3.42. The smallest absolute Gasteiger partial charge is 0.324 e. The molecule has 0 saturated heterocycles. The SMILES string of the molecule is CCC(C)(CN)Nc1nc(OC)nc(OC)n1. The Bertz CT molecular complexity index is 345. The van der Waals surface area contributed by atoms with Crippen LogP contribution in [0.5, 0.6) is 12.0 Å². The van der Waals surface area contributed by atoms with E-state index in [0.717, 1.165) is 6.42 Å². The van der Waals surface area contributed by atoms with Gasteiger partial charge in [0.2, 0.25) is 5.95 Å². The van der Waals surface area contributed by atoms with Gasteiger partial charge in [0, 0.05) is 12.1 Å². The average molecular weight is 241 g/mol. The van der Waals surface area contributed by atoms with Gasteiger partial charge >= 0.3 is 12.0 Å². The normalized spacial score (nSPS) is 13.9. The first-order chi connectivity index (χ1) is 8.06. The number of nitrogens with two attached hydrogens (primary N) is 1. The lowest BCUT2D eigenvalue weighted by Crippen LogP contribution is -2.42. The number of hydrogen-bond donors (Lipinski definition) is 2. The van der Waals surface area contributed by atoms with Crippen molar-refractivity contribution in [3.8, 4) is 12.0 Å². The number of ether oxygens (including phenoxy) is 2. The lowest BCUT2D eigenvalue weighted by Gasteiger charge is -2.27. The van der Waals surface area contributed by atoms with Crippen molar-refractivity contribution in [3.05, 3.63) is 0 Å². The lowest BCUT2D eigenvalue weighted by atomic mass is 10.00. The van der Waals surface area contributed by atoms with Crippen LogP contribution in [0.3, 0.4) is 0 Å². The van der Waals surface area contributed by atoms with Crippen molar-refractivity contribution in [3.63, 3.8) is 0 Å². The fraction of sp³-hybridized carbons (Fsp3) is 0.700. The molecule has 1 aromatic heterocycles. The topological polar surface area (TPSA) is 95.2 Å². The van der Waals surface area contributed by atoms with Crippen LogP contribution in [-0.4, -0.2) is 41.3 Å². The summed E-state index contributed by atoms with van der Waals surface area (Å²) in [6.45, 7) is 4.51. The molecule has 0 radical (unpaired) electrons. The molecule has 0 spiro atoms. The Morgan fingerprint density at radius 1 is 1.18 bits per heavy atom. The summed E-state index contributed by atoms with van der Waals surface area (Å²) in [5.41, 5.74) is 5.44. The Morgan fingerprint density at radius 3 is 2.06 bits per heavy atom. The average Bonchev–Trinajstić information content (AvgIpc) is 2.37. The van der Waals surface area contributed by atoms with Crippen LogP contribution in [0.15, 0.2) is 0 Å². The van der Waals surface area contributed by atoms with Gasteiger partial charge in [0.05, 0.1) is 14.2 Å². The van der Waals surface area contributed by atoms with Crippen molar-refractivity contribution in [1.29, 1.82) is 0 Å². The molecule has 7 heteroatoms. The van der Waals surface area contributed by atoms with Crippen LogP contribution in [0.25, 0.3) is 0 Å². The molecule has 1 unspecified atom stereocenters. The van der Waals surface area contributed by atoms with E-state index in [1.807, 2.05) is 13.8 Å². The number of rotatable bonds is 6. The van der Waals surface area contributed by atoms with E-state index in [1.165, 1.54) is 14.2 Å². The van der Waals surface area contributed by atoms with E-state index in [4.69, 9.17) is 15.2 Å². The summed E-state index contributed by atoms with van der Waals surface area (Å²) in [7, 11) is 2.97. The zero-order chi connectivity index (χ0) is 12.9. The van der Waals surface area contributed by atoms with E-state index in [2.05, 4.69) is 20.3 Å². The molecule has 1 aromatic rings. The number of methoxy groups -OCH3 is 2. The minimum atomic E-state index is -0.266. The van der Waals surface area contributed by atoms with Gasteiger partial charge in [-0.25, -0.2) is 0 Å². The molecule has 7 nitrogen and oxygen atoms in total. The highest BCUT2D eigenvalue weighted by Gasteiger charge is 2.21. The van der Waals surface area contributed by atoms with Crippen LogP contribution in [0, 0.1) is 0 Å². The second kappa shape index (κ2) is 5.62. The summed E-state index contributed by atoms with van der Waals surface area (Å²) in [5.74, 6) is 0.392. The maximum Gasteiger partial charge on any atom is 0.324 e. The minimum absolute atomic E-state index is 0.204. The van der Waals surface area contributed by atoms with Crippen LogP contribution in [0.4, 0.5) is 5.95 Å². The first-order valence-corrected chi connectivity index (χ1v) is 5.39. The molecular formula is C10H19N5O2. The fourth-order valence-electron chi connectivity index (χ4n) is 1.13. The molecule has 0 aromatic carbocycles. The van der Waals surface area contributed by atoms with Gasteiger partial charge in [0.25, 0.3) is 0 Å². The van der Waals surface area contributed by atoms with E-state index < -0.39 is 0 Å². The van der Waals surface area contributed by atoms with Crippen LogP contribution in [0.1, 0.15) is 20.3 Å². The molecule has 0 saturated carbocycles. The van der Waals surface area contributed by atoms with Crippen LogP contribution in [-0.2, 0) is 0 Å². The Hall–Kier alpha value is -1.63. The van der Waals surface area contributed by atoms with Gasteiger partial charge in [-0.3, -0.25) is 0 Å². The summed E-state index contributed by atoms with van der Waals surface area (Å²) in [4.78, 5) is 12.1. The fourth-order valence-corrected chi connectivity index (χ4v) is 1.13. The first-order valence-electron chi connectivity index (χ1n) is 5.39. The largest absolute Gasteiger partial charge is 0.467 e. The van der Waals surface area contributed by atoms with Crippen LogP contribution >= 0.6 is 0 Å². The van der Waals surface area contributed by atoms with Crippen LogP contribution in [0.2, 0.25) is 0 Å². The van der Waals surface area contributed by atoms with Gasteiger partial charge in [-0.15, -0.1) is 4.98 Å². The van der Waals surface area contributed by atoms with Gasteiger partial charge in [-0.2, -0.15) is 9.97 Å². The molecule has 0 fully saturated rings. The number of hydrogen-bond acceptors (Lipinski definition) is 7. The van der Waals surface area contributed by atoms with E-state index in [0.29, 0.717) is 12.5 Å². The molecule has 17 heavy (non-hydrogen) atoms. The highest BCUT2D eigenvalue weighted by Crippen LogP contribution is 2.17. The number of anilines is 1. The summed E-state index contributed by atoms with van der Waals surface area (Å²) in [6, 6.07) is 0.407. The van der Waals surface area contributed by atoms with E-state index >= 15 is 0 Å². The Morgan fingerprint density at radius 2 is 1.71 bits per heavy atom. The summed E-state index contributed by atoms with van der Waals surface area (Å²) in [5, 5.41) is 3.16. The highest BCUT2D eigenvalue weighted by atomic mass is 16.5. The molecule has 0 bridgehead atoms. The van der Waals surface area contributed by atoms with Gasteiger partial charge < -0.3 is 20.5 Å². The zero-order valence-corrected chi connectivity index (χ0v) is 10.6. The Labute approximate surface area is 101 Å². The van der Waals surface area contributed by atoms with E-state index in [9.17, 15) is 0 Å². The molecule has 0 aliphatic carbocycles. The third-order valence-corrected chi connectivity index (χ3v) is 2.60. The van der Waals surface area contributed by atoms with Crippen molar-refractivity contribution in [2.75, 3.05) is 26.1 Å². The second-order valence-electron chi connectivity index (χ2n) is 3.88. The summed E-state index contributed by atoms with van der Waals surface area (Å²) < 4.78 is 9.93. The van der Waals surface area contributed by atoms with Crippen molar-refractivity contribution >= 4 is 5.95 Å². The van der Waals surface area contributed by atoms with Gasteiger partial charge in [0.1, 0.15) is 0 Å². The maximum atomic E-state index is 5.71. The lowest BCUT2D eigenvalue weighted by molar-refractivity contribution is 0.340. The molecule has 96 valence electrons. The maximum absolute atomic E-state index is 5.71. The summed E-state index contributed by atoms with van der Waals surface area (Å²) in [6.07, 6.45) is 0.847. The molecule has 0 aliphatic rings. The second-order valence-corrected chi connectivity index (χ2v) is 3.88. The number of nitrogens with one attached hydrogen (secondary N) is 1. The van der Waals surface area contributed by atoms with Gasteiger partial charge in [-0.1, -0.05) is 6.92 Å². The van der Waals surface area contributed by atoms with Gasteiger partial charge in [0.15, 0.2) is 0 Å². The van der Waals surface area contributed by atoms with E-state index in [-0.39, 0.29) is 17.6 Å². The highest BCUT2D eigenvalue weighted by molar-refractivity contribution is 5.31. The quantitative estimate of drug-likeness (QED) is 0.745. The number of nitrogens with zero attached hydrogens (tertiary/aromatic N) is 3. The molecule has 1 atom stereocenters. The number of aromatic nitrogens is 3. The van der Waals surface area contributed by atoms with Crippen molar-refractivity contribution in [1.82, 2.24) is 15.0 Å². The third-order valence-electron chi connectivity index (χ3n) is 2.60. The first kappa shape index (κ1) is 13.4. The predicted octanol–water partition coefficient (Wildman–Crippen LogP) is 0.428. The van der Waals surface area contributed by atoms with Crippen molar-refractivity contribution < 1.29 is 9.47 Å². The molecule has 1 heterocycles. The Balaban J connectivity index is 2.97. The summed E-state index contributed by atoms with van der Waals surface area (Å²) >= 11 is 0. The van der Waals surface area contributed by atoms with Crippen molar-refractivity contribution in [2.24, 2.45) is 5.73 Å². The minimum Gasteiger partial charge on any atom is -0.467 e. The predicted molar refractivity (Wildman–Crippen MR) is 64.3 cm³/mol. The molecule has 3 N–H and O–H groups in total. The molecular weight excluding hydrogens is 222 g/mol. The molecule has 0 amide bonds.